The van der Waals surface area contributed by atoms with Gasteiger partial charge in [-0.15, -0.1) is 0 Å². The van der Waals surface area contributed by atoms with Gasteiger partial charge in [0.15, 0.2) is 0 Å². The normalized spacial score (nSPS) is 11.1. The predicted molar refractivity (Wildman–Crippen MR) is 82.8 cm³/mol. The van der Waals surface area contributed by atoms with E-state index in [9.17, 15) is 4.39 Å². The Morgan fingerprint density at radius 2 is 1.90 bits per heavy atom. The van der Waals surface area contributed by atoms with Crippen LogP contribution in [0.3, 0.4) is 0 Å². The maximum absolute atomic E-state index is 13.3. The average molecular weight is 281 g/mol. The second-order valence-corrected chi connectivity index (χ2v) is 5.77. The highest BCUT2D eigenvalue weighted by Gasteiger charge is 2.00. The van der Waals surface area contributed by atoms with Crippen LogP contribution in [-0.4, -0.2) is 19.7 Å². The lowest BCUT2D eigenvalue weighted by molar-refractivity contribution is 0.303. The summed E-state index contributed by atoms with van der Waals surface area (Å²) in [5.41, 5.74) is 0.659. The quantitative estimate of drug-likeness (QED) is 0.645. The molecule has 0 saturated carbocycles. The van der Waals surface area contributed by atoms with Crippen LogP contribution in [0.2, 0.25) is 0 Å². The molecular weight excluding hydrogens is 253 g/mol. The van der Waals surface area contributed by atoms with Gasteiger partial charge in [-0.2, -0.15) is 0 Å². The summed E-state index contributed by atoms with van der Waals surface area (Å²) in [6, 6.07) is 5.05. The molecule has 0 saturated heterocycles. The Morgan fingerprint density at radius 3 is 2.60 bits per heavy atom. The molecule has 114 valence electrons. The van der Waals surface area contributed by atoms with Gasteiger partial charge in [0.1, 0.15) is 11.6 Å². The fourth-order valence-electron chi connectivity index (χ4n) is 1.95. The molecule has 1 aromatic rings. The number of rotatable bonds is 10. The number of hydrogen-bond acceptors (Lipinski definition) is 2. The molecule has 0 unspecified atom stereocenters. The van der Waals surface area contributed by atoms with Gasteiger partial charge < -0.3 is 10.1 Å². The van der Waals surface area contributed by atoms with Crippen LogP contribution in [0.15, 0.2) is 18.2 Å². The Balaban J connectivity index is 1.98. The van der Waals surface area contributed by atoms with Crippen LogP contribution in [0.1, 0.15) is 45.1 Å². The molecule has 0 atom stereocenters. The maximum atomic E-state index is 13.3. The van der Waals surface area contributed by atoms with E-state index in [4.69, 9.17) is 4.74 Å². The second-order valence-electron chi connectivity index (χ2n) is 5.77. The highest BCUT2D eigenvalue weighted by atomic mass is 19.1. The van der Waals surface area contributed by atoms with Crippen molar-refractivity contribution in [2.75, 3.05) is 19.7 Å². The predicted octanol–water partition coefficient (Wildman–Crippen LogP) is 4.32. The van der Waals surface area contributed by atoms with Crippen molar-refractivity contribution in [3.8, 4) is 5.75 Å². The lowest BCUT2D eigenvalue weighted by atomic mass is 10.2. The van der Waals surface area contributed by atoms with Gasteiger partial charge >= 0.3 is 0 Å². The third kappa shape index (κ3) is 7.49. The summed E-state index contributed by atoms with van der Waals surface area (Å²) in [6.07, 6.45) is 4.62. The summed E-state index contributed by atoms with van der Waals surface area (Å²) in [5.74, 6) is 1.16. The number of ether oxygens (including phenoxy) is 1. The van der Waals surface area contributed by atoms with Crippen LogP contribution in [0.5, 0.6) is 5.75 Å². The zero-order valence-corrected chi connectivity index (χ0v) is 13.0. The third-order valence-electron chi connectivity index (χ3n) is 3.21. The highest BCUT2D eigenvalue weighted by molar-refractivity contribution is 5.27. The molecule has 1 rings (SSSR count). The van der Waals surface area contributed by atoms with Crippen LogP contribution in [0.4, 0.5) is 4.39 Å². The van der Waals surface area contributed by atoms with E-state index in [2.05, 4.69) is 19.2 Å². The minimum Gasteiger partial charge on any atom is -0.493 e. The van der Waals surface area contributed by atoms with Gasteiger partial charge in [0.05, 0.1) is 6.61 Å². The average Bonchev–Trinajstić information content (AvgIpc) is 2.40. The van der Waals surface area contributed by atoms with Crippen molar-refractivity contribution in [2.45, 2.75) is 46.5 Å². The third-order valence-corrected chi connectivity index (χ3v) is 3.21. The van der Waals surface area contributed by atoms with E-state index in [1.54, 1.807) is 13.0 Å². The summed E-state index contributed by atoms with van der Waals surface area (Å²) in [6.45, 7) is 9.06. The van der Waals surface area contributed by atoms with E-state index >= 15 is 0 Å². The summed E-state index contributed by atoms with van der Waals surface area (Å²) in [4.78, 5) is 0. The Bertz CT molecular complexity index is 379. The van der Waals surface area contributed by atoms with Crippen LogP contribution >= 0.6 is 0 Å². The number of nitrogens with one attached hydrogen (secondary N) is 1. The summed E-state index contributed by atoms with van der Waals surface area (Å²) >= 11 is 0. The second kappa shape index (κ2) is 9.76. The minimum atomic E-state index is -0.196. The van der Waals surface area contributed by atoms with Crippen LogP contribution < -0.4 is 10.1 Å². The van der Waals surface area contributed by atoms with Crippen molar-refractivity contribution in [2.24, 2.45) is 5.92 Å². The first-order valence-corrected chi connectivity index (χ1v) is 7.69. The molecule has 0 bridgehead atoms. The molecule has 0 aliphatic carbocycles. The summed E-state index contributed by atoms with van der Waals surface area (Å²) in [7, 11) is 0. The largest absolute Gasteiger partial charge is 0.493 e. The van der Waals surface area contributed by atoms with Gasteiger partial charge in [0, 0.05) is 6.07 Å². The van der Waals surface area contributed by atoms with Crippen LogP contribution in [0, 0.1) is 18.7 Å². The van der Waals surface area contributed by atoms with Gasteiger partial charge in [-0.1, -0.05) is 32.8 Å². The molecule has 0 fully saturated rings. The SMILES string of the molecule is Cc1ccc(OCCCCCCNCC(C)C)cc1F. The topological polar surface area (TPSA) is 21.3 Å². The Hall–Kier alpha value is -1.09. The maximum Gasteiger partial charge on any atom is 0.129 e. The first-order valence-electron chi connectivity index (χ1n) is 7.69. The lowest BCUT2D eigenvalue weighted by Crippen LogP contribution is -2.20. The number of benzene rings is 1. The molecular formula is C17H28FNO. The molecule has 0 aliphatic rings. The molecule has 0 aromatic heterocycles. The first-order chi connectivity index (χ1) is 9.59. The molecule has 2 nitrogen and oxygen atoms in total. The monoisotopic (exact) mass is 281 g/mol. The standard InChI is InChI=1S/C17H28FNO/c1-14(2)13-19-10-6-4-5-7-11-20-16-9-8-15(3)17(18)12-16/h8-9,12,14,19H,4-7,10-11,13H2,1-3H3. The van der Waals surface area contributed by atoms with Crippen LogP contribution in [0.25, 0.3) is 0 Å². The fourth-order valence-corrected chi connectivity index (χ4v) is 1.95. The van der Waals surface area contributed by atoms with E-state index in [0.29, 0.717) is 17.9 Å². The van der Waals surface area contributed by atoms with Crippen molar-refractivity contribution < 1.29 is 9.13 Å². The van der Waals surface area contributed by atoms with E-state index in [0.717, 1.165) is 31.8 Å². The van der Waals surface area contributed by atoms with Gasteiger partial charge in [-0.25, -0.2) is 4.39 Å². The van der Waals surface area contributed by atoms with Gasteiger partial charge in [0.25, 0.3) is 0 Å². The van der Waals surface area contributed by atoms with Crippen molar-refractivity contribution in [1.82, 2.24) is 5.32 Å². The molecule has 1 aromatic carbocycles. The molecule has 0 heterocycles. The van der Waals surface area contributed by atoms with Crippen molar-refractivity contribution >= 4 is 0 Å². The molecule has 3 heteroatoms. The van der Waals surface area contributed by atoms with Crippen LogP contribution in [-0.2, 0) is 0 Å². The van der Waals surface area contributed by atoms with E-state index in [1.165, 1.54) is 18.9 Å². The zero-order valence-electron chi connectivity index (χ0n) is 13.0. The van der Waals surface area contributed by atoms with E-state index in [-0.39, 0.29) is 5.82 Å². The summed E-state index contributed by atoms with van der Waals surface area (Å²) < 4.78 is 18.8. The van der Waals surface area contributed by atoms with Crippen molar-refractivity contribution in [3.05, 3.63) is 29.6 Å². The number of halogens is 1. The van der Waals surface area contributed by atoms with Gasteiger partial charge in [-0.05, 0) is 50.4 Å². The smallest absolute Gasteiger partial charge is 0.129 e. The molecule has 1 N–H and O–H groups in total. The number of unbranched alkanes of at least 4 members (excludes halogenated alkanes) is 3. The number of hydrogen-bond donors (Lipinski definition) is 1. The molecule has 0 amide bonds. The Kier molecular flexibility index (Phi) is 8.28. The van der Waals surface area contributed by atoms with Crippen molar-refractivity contribution in [1.29, 1.82) is 0 Å². The van der Waals surface area contributed by atoms with Gasteiger partial charge in [0.2, 0.25) is 0 Å². The molecule has 20 heavy (non-hydrogen) atoms. The first kappa shape index (κ1) is 17.0. The highest BCUT2D eigenvalue weighted by Crippen LogP contribution is 2.16. The summed E-state index contributed by atoms with van der Waals surface area (Å²) in [5, 5.41) is 3.44. The zero-order chi connectivity index (χ0) is 14.8. The fraction of sp³-hybridized carbons (Fsp3) is 0.647. The number of aryl methyl sites for hydroxylation is 1. The Morgan fingerprint density at radius 1 is 1.15 bits per heavy atom. The Labute approximate surface area is 122 Å². The minimum absolute atomic E-state index is 0.196. The van der Waals surface area contributed by atoms with Crippen molar-refractivity contribution in [3.63, 3.8) is 0 Å². The molecule has 0 radical (unpaired) electrons. The lowest BCUT2D eigenvalue weighted by Gasteiger charge is -2.08. The molecule has 0 aliphatic heterocycles. The van der Waals surface area contributed by atoms with Gasteiger partial charge in [-0.3, -0.25) is 0 Å². The molecule has 0 spiro atoms. The van der Waals surface area contributed by atoms with E-state index in [1.807, 2.05) is 6.07 Å². The van der Waals surface area contributed by atoms with E-state index < -0.39 is 0 Å².